The number of aliphatic hydroxyl groups excluding tert-OH is 5. The van der Waals surface area contributed by atoms with Crippen LogP contribution in [0.25, 0.3) is 11.2 Å². The first-order chi connectivity index (χ1) is 16.8. The maximum absolute atomic E-state index is 10.4. The van der Waals surface area contributed by atoms with Crippen molar-refractivity contribution in [3.8, 4) is 0 Å². The van der Waals surface area contributed by atoms with Gasteiger partial charge in [-0.05, 0) is 0 Å². The predicted octanol–water partition coefficient (Wildman–Crippen LogP) is -4.16. The third-order valence-electron chi connectivity index (χ3n) is 5.36. The van der Waals surface area contributed by atoms with E-state index in [4.69, 9.17) is 19.7 Å². The molecule has 2 aromatic rings. The second kappa shape index (κ2) is 10.4. The van der Waals surface area contributed by atoms with E-state index in [-0.39, 0.29) is 17.0 Å². The Hall–Kier alpha value is -1.35. The molecule has 0 aromatic carbocycles. The van der Waals surface area contributed by atoms with Gasteiger partial charge < -0.3 is 40.7 Å². The van der Waals surface area contributed by atoms with E-state index in [1.165, 1.54) is 10.9 Å². The van der Waals surface area contributed by atoms with Gasteiger partial charge in [0.15, 0.2) is 24.0 Å². The van der Waals surface area contributed by atoms with Gasteiger partial charge in [-0.2, -0.15) is 19.6 Å². The van der Waals surface area contributed by atoms with E-state index in [9.17, 15) is 45.1 Å². The van der Waals surface area contributed by atoms with Gasteiger partial charge in [0, 0.05) is 0 Å². The van der Waals surface area contributed by atoms with Crippen molar-refractivity contribution >= 4 is 33.3 Å². The fourth-order valence-corrected chi connectivity index (χ4v) is 5.71. The number of ether oxygens (including phenoxy) is 2. The number of aromatic nitrogens is 4. The van der Waals surface area contributed by atoms with E-state index in [0.29, 0.717) is 0 Å². The molecule has 0 radical (unpaired) electrons. The normalized spacial score (nSPS) is 33.6. The fraction of sp³-hybridized carbons (Fsp3) is 0.667. The number of nitrogen functional groups attached to an aromatic ring is 1. The van der Waals surface area contributed by atoms with E-state index < -0.39 is 78.7 Å². The SMILES string of the molecule is Nc1ncnc2c1ncn2[C@@H]1O[C@H](CO[P+](O)(O)O[P+](O)(O)OC[C@H]2O[C@H](O)[C@H](O)[C@@H]2O)[C@@H](O)[C@H]1O. The number of nitrogens with two attached hydrogens (primary N) is 1. The number of hydrogen-bond donors (Lipinski definition) is 10. The van der Waals surface area contributed by atoms with Crippen molar-refractivity contribution < 1.29 is 67.9 Å². The zero-order valence-corrected chi connectivity index (χ0v) is 19.8. The molecule has 0 aliphatic carbocycles. The van der Waals surface area contributed by atoms with Gasteiger partial charge in [0.2, 0.25) is 0 Å². The van der Waals surface area contributed by atoms with Gasteiger partial charge in [0.1, 0.15) is 61.7 Å². The summed E-state index contributed by atoms with van der Waals surface area (Å²) >= 11 is 0. The molecule has 2 aliphatic heterocycles. The van der Waals surface area contributed by atoms with Crippen molar-refractivity contribution in [1.29, 1.82) is 0 Å². The summed E-state index contributed by atoms with van der Waals surface area (Å²) in [6.45, 7) is -1.61. The first kappa shape index (κ1) is 27.7. The molecule has 4 rings (SSSR count). The van der Waals surface area contributed by atoms with Crippen molar-refractivity contribution in [2.24, 2.45) is 0 Å². The molecule has 19 nitrogen and oxygen atoms in total. The Labute approximate surface area is 202 Å². The zero-order valence-electron chi connectivity index (χ0n) is 18.0. The van der Waals surface area contributed by atoms with Crippen LogP contribution in [0.1, 0.15) is 6.23 Å². The second-order valence-corrected chi connectivity index (χ2v) is 11.0. The highest BCUT2D eigenvalue weighted by molar-refractivity contribution is 7.68. The predicted molar refractivity (Wildman–Crippen MR) is 114 cm³/mol. The average Bonchev–Trinajstić information content (AvgIpc) is 3.42. The Bertz CT molecular complexity index is 1060. The molecule has 2 aromatic heterocycles. The van der Waals surface area contributed by atoms with Crippen molar-refractivity contribution in [3.05, 3.63) is 12.7 Å². The molecule has 0 amide bonds. The lowest BCUT2D eigenvalue weighted by Crippen LogP contribution is -2.34. The molecule has 0 saturated carbocycles. The highest BCUT2D eigenvalue weighted by atomic mass is 31.3. The third-order valence-corrected chi connectivity index (χ3v) is 8.03. The number of hydrogen-bond acceptors (Lipinski definition) is 18. The minimum absolute atomic E-state index is 0.0716. The van der Waals surface area contributed by atoms with Gasteiger partial charge in [-0.25, -0.2) is 15.0 Å². The van der Waals surface area contributed by atoms with E-state index >= 15 is 0 Å². The summed E-state index contributed by atoms with van der Waals surface area (Å²) in [5, 5.41) is 49.1. The van der Waals surface area contributed by atoms with Gasteiger partial charge in [-0.3, -0.25) is 4.57 Å². The Morgan fingerprint density at radius 2 is 1.42 bits per heavy atom. The smallest absolute Gasteiger partial charge is 0.387 e. The molecule has 2 fully saturated rings. The molecule has 2 saturated heterocycles. The third kappa shape index (κ3) is 5.71. The van der Waals surface area contributed by atoms with Gasteiger partial charge >= 0.3 is 16.3 Å². The molecule has 8 atom stereocenters. The lowest BCUT2D eigenvalue weighted by Gasteiger charge is -2.17. The van der Waals surface area contributed by atoms with Crippen LogP contribution < -0.4 is 5.73 Å². The molecule has 202 valence electrons. The van der Waals surface area contributed by atoms with E-state index in [1.807, 2.05) is 0 Å². The highest BCUT2D eigenvalue weighted by Crippen LogP contribution is 2.70. The molecule has 4 heterocycles. The number of anilines is 1. The topological polar surface area (TPSA) is 298 Å². The summed E-state index contributed by atoms with van der Waals surface area (Å²) in [5.41, 5.74) is 6.14. The molecule has 0 bridgehead atoms. The Morgan fingerprint density at radius 3 is 2.00 bits per heavy atom. The highest BCUT2D eigenvalue weighted by Gasteiger charge is 2.62. The molecule has 36 heavy (non-hydrogen) atoms. The Balaban J connectivity index is 1.33. The molecule has 11 N–H and O–H groups in total. The van der Waals surface area contributed by atoms with Crippen LogP contribution in [0, 0.1) is 0 Å². The van der Waals surface area contributed by atoms with Crippen LogP contribution in [0.2, 0.25) is 0 Å². The summed E-state index contributed by atoms with van der Waals surface area (Å²) in [5.74, 6) is 0.0716. The van der Waals surface area contributed by atoms with Crippen LogP contribution in [0.4, 0.5) is 5.82 Å². The van der Waals surface area contributed by atoms with Gasteiger partial charge in [0.25, 0.3) is 0 Å². The lowest BCUT2D eigenvalue weighted by atomic mass is 10.1. The van der Waals surface area contributed by atoms with Crippen molar-refractivity contribution in [2.75, 3.05) is 18.9 Å². The summed E-state index contributed by atoms with van der Waals surface area (Å²) in [7, 11) is -9.97. The van der Waals surface area contributed by atoms with E-state index in [1.54, 1.807) is 0 Å². The maximum Gasteiger partial charge on any atom is 0.620 e. The molecule has 0 spiro atoms. The number of nitrogens with zero attached hydrogens (tertiary/aromatic N) is 4. The summed E-state index contributed by atoms with van der Waals surface area (Å²) in [4.78, 5) is 51.4. The Morgan fingerprint density at radius 1 is 0.833 bits per heavy atom. The monoisotopic (exact) mass is 561 g/mol. The van der Waals surface area contributed by atoms with E-state index in [0.717, 1.165) is 6.33 Å². The summed E-state index contributed by atoms with van der Waals surface area (Å²) in [6, 6.07) is 0. The van der Waals surface area contributed by atoms with Gasteiger partial charge in [0.05, 0.1) is 10.6 Å². The largest absolute Gasteiger partial charge is 0.620 e. The second-order valence-electron chi connectivity index (χ2n) is 7.83. The van der Waals surface area contributed by atoms with Crippen LogP contribution in [-0.2, 0) is 22.8 Å². The van der Waals surface area contributed by atoms with E-state index in [2.05, 4.69) is 23.8 Å². The average molecular weight is 561 g/mol. The van der Waals surface area contributed by atoms with Crippen molar-refractivity contribution in [3.63, 3.8) is 0 Å². The summed E-state index contributed by atoms with van der Waals surface area (Å²) < 4.78 is 25.3. The van der Waals surface area contributed by atoms with Crippen LogP contribution in [-0.4, -0.2) is 121 Å². The molecular formula is C15H25N5O14P2+2. The van der Waals surface area contributed by atoms with Crippen molar-refractivity contribution in [2.45, 2.75) is 49.1 Å². The number of aliphatic hydroxyl groups is 5. The number of fused-ring (bicyclic) bond motifs is 1. The lowest BCUT2D eigenvalue weighted by molar-refractivity contribution is -0.132. The minimum atomic E-state index is -5.00. The quantitative estimate of drug-likeness (QED) is 0.130. The maximum atomic E-state index is 10.4. The van der Waals surface area contributed by atoms with Gasteiger partial charge in [-0.1, -0.05) is 0 Å². The molecule has 21 heteroatoms. The Kier molecular flexibility index (Phi) is 8.02. The first-order valence-electron chi connectivity index (χ1n) is 10.1. The van der Waals surface area contributed by atoms with Gasteiger partial charge in [-0.15, -0.1) is 9.05 Å². The van der Waals surface area contributed by atoms with Crippen LogP contribution in [0.15, 0.2) is 12.7 Å². The van der Waals surface area contributed by atoms with Crippen LogP contribution in [0.5, 0.6) is 0 Å². The molecule has 2 aliphatic rings. The molecular weight excluding hydrogens is 536 g/mol. The van der Waals surface area contributed by atoms with Crippen LogP contribution in [0.3, 0.4) is 0 Å². The fourth-order valence-electron chi connectivity index (χ4n) is 3.55. The number of imidazole rings is 1. The standard InChI is InChI=1S/C15H25N5O14P2/c16-12-7-13(18-3-17-12)20(4-19-7)14-10(23)8(21)5(32-14)1-30-35(26,27)34-36(28,29)31-2-6-9(22)11(24)15(25)33-6/h3-6,8-11,14-15,21-29H,1-2H2,(H2,16,17,18)/q+2/t5-,6-,8-,9-,10-,11-,14-,15+/m1/s1. The van der Waals surface area contributed by atoms with Crippen molar-refractivity contribution in [1.82, 2.24) is 19.5 Å². The number of rotatable bonds is 9. The zero-order chi connectivity index (χ0) is 26.4. The van der Waals surface area contributed by atoms with Crippen LogP contribution >= 0.6 is 16.3 Å². The molecule has 0 unspecified atom stereocenters. The summed E-state index contributed by atoms with van der Waals surface area (Å²) in [6.07, 6.45) is -9.73. The first-order valence-corrected chi connectivity index (χ1v) is 13.2. The minimum Gasteiger partial charge on any atom is -0.387 e.